The van der Waals surface area contributed by atoms with Crippen molar-refractivity contribution in [3.8, 4) is 34.1 Å². The molecule has 0 saturated heterocycles. The number of halogens is 7. The molecule has 0 heterocycles. The van der Waals surface area contributed by atoms with Crippen LogP contribution in [0.4, 0.5) is 13.2 Å². The minimum atomic E-state index is -6.00. The first-order valence-corrected chi connectivity index (χ1v) is 15.6. The molecule has 4 aromatic carbocycles. The van der Waals surface area contributed by atoms with E-state index in [0.29, 0.717) is 28.9 Å². The zero-order valence-electron chi connectivity index (χ0n) is 18.5. The molecule has 0 saturated carbocycles. The third kappa shape index (κ3) is 5.37. The number of phenolic OH excluding ortho intramolecular Hbond substituents is 1. The van der Waals surface area contributed by atoms with E-state index in [0.717, 1.165) is 7.14 Å². The van der Waals surface area contributed by atoms with Crippen LogP contribution in [0.15, 0.2) is 36.4 Å². The van der Waals surface area contributed by atoms with Gasteiger partial charge in [-0.15, -0.1) is 0 Å². The van der Waals surface area contributed by atoms with Crippen LogP contribution in [0.1, 0.15) is 0 Å². The van der Waals surface area contributed by atoms with Crippen molar-refractivity contribution >= 4 is 122 Å². The van der Waals surface area contributed by atoms with Gasteiger partial charge in [0.1, 0.15) is 17.2 Å². The van der Waals surface area contributed by atoms with Gasteiger partial charge in [0.05, 0.1) is 14.2 Å². The fourth-order valence-electron chi connectivity index (χ4n) is 3.90. The summed E-state index contributed by atoms with van der Waals surface area (Å²) in [7, 11) is -3.20. The molecule has 0 aliphatic carbocycles. The summed E-state index contributed by atoms with van der Waals surface area (Å²) in [6.07, 6.45) is 0. The fourth-order valence-corrected chi connectivity index (χ4v) is 6.98. The fraction of sp³-hybridized carbons (Fsp3) is 0.130. The molecule has 6 nitrogen and oxygen atoms in total. The van der Waals surface area contributed by atoms with E-state index in [2.05, 4.69) is 45.2 Å². The van der Waals surface area contributed by atoms with Crippen LogP contribution in [0.3, 0.4) is 0 Å². The van der Waals surface area contributed by atoms with Crippen LogP contribution in [0.25, 0.3) is 32.7 Å². The molecule has 1 N–H and O–H groups in total. The summed E-state index contributed by atoms with van der Waals surface area (Å²) in [5, 5.41) is 12.5. The number of alkyl halides is 3. The molecule has 0 bridgehead atoms. The van der Waals surface area contributed by atoms with Crippen molar-refractivity contribution < 1.29 is 40.4 Å². The highest BCUT2D eigenvalue weighted by Crippen LogP contribution is 2.52. The van der Waals surface area contributed by atoms with E-state index in [1.807, 2.05) is 51.2 Å². The van der Waals surface area contributed by atoms with Gasteiger partial charge in [-0.05, 0) is 127 Å². The first kappa shape index (κ1) is 29.2. The molecular formula is C23H13F3I4O6S. The Morgan fingerprint density at radius 2 is 1.19 bits per heavy atom. The lowest BCUT2D eigenvalue weighted by Gasteiger charge is -2.22. The van der Waals surface area contributed by atoms with Gasteiger partial charge in [-0.3, -0.25) is 0 Å². The smallest absolute Gasteiger partial charge is 0.507 e. The zero-order chi connectivity index (χ0) is 27.4. The van der Waals surface area contributed by atoms with Crippen LogP contribution in [0.2, 0.25) is 0 Å². The summed E-state index contributed by atoms with van der Waals surface area (Å²) >= 11 is 8.02. The van der Waals surface area contributed by atoms with Crippen molar-refractivity contribution in [3.05, 3.63) is 50.7 Å². The molecule has 0 atom stereocenters. The van der Waals surface area contributed by atoms with Gasteiger partial charge < -0.3 is 18.8 Å². The Hall–Kier alpha value is -0.740. The van der Waals surface area contributed by atoms with Gasteiger partial charge in [0, 0.05) is 47.0 Å². The van der Waals surface area contributed by atoms with Gasteiger partial charge in [0.25, 0.3) is 0 Å². The summed E-state index contributed by atoms with van der Waals surface area (Å²) in [6, 6.07) is 9.67. The van der Waals surface area contributed by atoms with Crippen LogP contribution in [-0.4, -0.2) is 33.3 Å². The summed E-state index contributed by atoms with van der Waals surface area (Å²) in [5.41, 5.74) is -5.13. The monoisotopic (exact) mass is 982 g/mol. The predicted octanol–water partition coefficient (Wildman–Crippen LogP) is 8.03. The van der Waals surface area contributed by atoms with E-state index in [1.165, 1.54) is 26.4 Å². The lowest BCUT2D eigenvalue weighted by molar-refractivity contribution is -0.0499. The highest BCUT2D eigenvalue weighted by molar-refractivity contribution is 14.1. The van der Waals surface area contributed by atoms with Crippen molar-refractivity contribution in [2.45, 2.75) is 5.51 Å². The first-order chi connectivity index (χ1) is 17.2. The first-order valence-electron chi connectivity index (χ1n) is 9.89. The van der Waals surface area contributed by atoms with Crippen LogP contribution >= 0.6 is 90.4 Å². The quantitative estimate of drug-likeness (QED) is 0.124. The van der Waals surface area contributed by atoms with Gasteiger partial charge in [-0.1, -0.05) is 0 Å². The van der Waals surface area contributed by atoms with E-state index in [1.54, 1.807) is 18.2 Å². The number of hydrogen-bond acceptors (Lipinski definition) is 6. The number of methoxy groups -OCH3 is 2. The van der Waals surface area contributed by atoms with Gasteiger partial charge in [0.2, 0.25) is 0 Å². The molecule has 37 heavy (non-hydrogen) atoms. The standard InChI is InChI=1S/C23H13F3I4O6S/c1-34-16-7-13(29)11-3-9(27)5-15(31)19(11)21(16)22-17(35-2)8-14(30)12-4-10(28)6-18(20(12)22)36-37(32,33)23(24,25)26/h3-8,31H,1-2H3. The normalized spacial score (nSPS) is 12.2. The summed E-state index contributed by atoms with van der Waals surface area (Å²) in [6.45, 7) is 0. The minimum Gasteiger partial charge on any atom is -0.507 e. The Labute approximate surface area is 263 Å². The highest BCUT2D eigenvalue weighted by Gasteiger charge is 2.49. The van der Waals surface area contributed by atoms with Crippen molar-refractivity contribution in [3.63, 3.8) is 0 Å². The molecule has 196 valence electrons. The number of fused-ring (bicyclic) bond motifs is 2. The molecule has 0 aliphatic rings. The van der Waals surface area contributed by atoms with Crippen molar-refractivity contribution in [1.82, 2.24) is 0 Å². The second-order valence-electron chi connectivity index (χ2n) is 7.53. The second-order valence-corrected chi connectivity index (χ2v) is 13.9. The molecule has 0 amide bonds. The third-order valence-corrected chi connectivity index (χ3v) is 9.34. The summed E-state index contributed by atoms with van der Waals surface area (Å²) < 4.78 is 82.7. The maximum atomic E-state index is 13.3. The molecule has 0 spiro atoms. The Balaban J connectivity index is 2.29. The SMILES string of the molecule is COc1cc(I)c2cc(I)cc(O)c2c1-c1c(OC)cc(I)c2cc(I)cc(OS(=O)(=O)C(F)(F)F)c12. The van der Waals surface area contributed by atoms with Gasteiger partial charge >= 0.3 is 15.6 Å². The van der Waals surface area contributed by atoms with E-state index in [9.17, 15) is 26.7 Å². The Bertz CT molecular complexity index is 1690. The number of rotatable bonds is 5. The molecule has 4 aromatic rings. The maximum Gasteiger partial charge on any atom is 0.534 e. The van der Waals surface area contributed by atoms with Crippen LogP contribution in [0.5, 0.6) is 23.0 Å². The van der Waals surface area contributed by atoms with E-state index in [-0.39, 0.29) is 28.2 Å². The van der Waals surface area contributed by atoms with Crippen LogP contribution in [-0.2, 0) is 10.1 Å². The third-order valence-electron chi connectivity index (χ3n) is 5.35. The zero-order valence-corrected chi connectivity index (χ0v) is 28.0. The lowest BCUT2D eigenvalue weighted by atomic mass is 9.91. The Morgan fingerprint density at radius 3 is 1.68 bits per heavy atom. The number of benzene rings is 4. The minimum absolute atomic E-state index is 0.0516. The molecule has 0 radical (unpaired) electrons. The molecular weight excluding hydrogens is 969 g/mol. The average Bonchev–Trinajstić information content (AvgIpc) is 2.78. The molecule has 0 unspecified atom stereocenters. The average molecular weight is 982 g/mol. The lowest BCUT2D eigenvalue weighted by Crippen LogP contribution is -2.28. The predicted molar refractivity (Wildman–Crippen MR) is 168 cm³/mol. The van der Waals surface area contributed by atoms with Crippen molar-refractivity contribution in [1.29, 1.82) is 0 Å². The van der Waals surface area contributed by atoms with E-state index in [4.69, 9.17) is 13.7 Å². The molecule has 0 aromatic heterocycles. The maximum absolute atomic E-state index is 13.3. The van der Waals surface area contributed by atoms with Gasteiger partial charge in [0.15, 0.2) is 5.75 Å². The van der Waals surface area contributed by atoms with Gasteiger partial charge in [-0.25, -0.2) is 0 Å². The van der Waals surface area contributed by atoms with Crippen LogP contribution in [0, 0.1) is 14.3 Å². The molecule has 0 fully saturated rings. The number of aromatic hydroxyl groups is 1. The van der Waals surface area contributed by atoms with Crippen molar-refractivity contribution in [2.75, 3.05) is 14.2 Å². The summed E-state index contributed by atoms with van der Waals surface area (Å²) in [5.74, 6) is -0.133. The topological polar surface area (TPSA) is 82.1 Å². The molecule has 0 aliphatic heterocycles. The Kier molecular flexibility index (Phi) is 8.44. The highest BCUT2D eigenvalue weighted by atomic mass is 127. The van der Waals surface area contributed by atoms with Crippen LogP contribution < -0.4 is 13.7 Å². The number of hydrogen-bond donors (Lipinski definition) is 1. The molecule has 4 rings (SSSR count). The van der Waals surface area contributed by atoms with E-state index >= 15 is 0 Å². The number of phenols is 1. The largest absolute Gasteiger partial charge is 0.534 e. The second kappa shape index (κ2) is 10.7. The van der Waals surface area contributed by atoms with Crippen molar-refractivity contribution in [2.24, 2.45) is 0 Å². The van der Waals surface area contributed by atoms with E-state index < -0.39 is 21.4 Å². The number of ether oxygens (including phenoxy) is 2. The Morgan fingerprint density at radius 1 is 0.730 bits per heavy atom. The molecule has 14 heteroatoms. The summed E-state index contributed by atoms with van der Waals surface area (Å²) in [4.78, 5) is 0. The van der Waals surface area contributed by atoms with Gasteiger partial charge in [-0.2, -0.15) is 21.6 Å².